The minimum absolute atomic E-state index is 0. The SMILES string of the molecule is [B]1[C-]2CCCC1CCC2.[Li+]. The molecule has 49 valence electrons. The number of rotatable bonds is 0. The zero-order chi connectivity index (χ0) is 6.10. The normalized spacial score (nSPS) is 26.8. The fourth-order valence-corrected chi connectivity index (χ4v) is 2.12. The summed E-state index contributed by atoms with van der Waals surface area (Å²) in [5.74, 6) is 2.75. The molecular weight excluding hydrogens is 114 g/mol. The molecule has 0 N–H and O–H groups in total. The zero-order valence-corrected chi connectivity index (χ0v) is 6.90. The zero-order valence-electron chi connectivity index (χ0n) is 6.90. The maximum absolute atomic E-state index is 2.53. The van der Waals surface area contributed by atoms with Gasteiger partial charge in [0.15, 0.2) is 0 Å². The molecule has 0 spiro atoms. The maximum Gasteiger partial charge on any atom is 1.00 e. The Morgan fingerprint density at radius 3 is 2.10 bits per heavy atom. The van der Waals surface area contributed by atoms with Crippen molar-refractivity contribution >= 4 is 7.28 Å². The fourth-order valence-electron chi connectivity index (χ4n) is 2.12. The van der Waals surface area contributed by atoms with Crippen molar-refractivity contribution in [3.63, 3.8) is 0 Å². The van der Waals surface area contributed by atoms with Crippen LogP contribution in [-0.2, 0) is 0 Å². The Morgan fingerprint density at radius 2 is 1.70 bits per heavy atom. The van der Waals surface area contributed by atoms with Crippen LogP contribution in [0.25, 0.3) is 0 Å². The van der Waals surface area contributed by atoms with Crippen LogP contribution in [-0.4, -0.2) is 7.28 Å². The molecule has 0 aromatic rings. The van der Waals surface area contributed by atoms with Gasteiger partial charge in [0.1, 0.15) is 0 Å². The van der Waals surface area contributed by atoms with Gasteiger partial charge in [0.25, 0.3) is 0 Å². The van der Waals surface area contributed by atoms with E-state index in [1.165, 1.54) is 38.5 Å². The molecule has 0 nitrogen and oxygen atoms in total. The van der Waals surface area contributed by atoms with Gasteiger partial charge in [-0.2, -0.15) is 12.8 Å². The van der Waals surface area contributed by atoms with Gasteiger partial charge in [-0.15, -0.1) is 5.82 Å². The van der Waals surface area contributed by atoms with Crippen molar-refractivity contribution in [1.29, 1.82) is 0 Å². The van der Waals surface area contributed by atoms with Crippen molar-refractivity contribution in [2.24, 2.45) is 0 Å². The van der Waals surface area contributed by atoms with E-state index < -0.39 is 0 Å². The first-order chi connectivity index (χ1) is 4.45. The molecule has 2 fully saturated rings. The standard InChI is InChI=1S/C8H13B.Li/c1-3-7-5-2-6-8(4-1)9-7;/h7H,1-6H2;/q-1;+1. The molecule has 2 saturated heterocycles. The summed E-state index contributed by atoms with van der Waals surface area (Å²) in [5.41, 5.74) is 0. The minimum atomic E-state index is 0. The van der Waals surface area contributed by atoms with Crippen molar-refractivity contribution in [2.45, 2.75) is 44.3 Å². The smallest absolute Gasteiger partial charge is 0.343 e. The van der Waals surface area contributed by atoms with E-state index in [4.69, 9.17) is 0 Å². The van der Waals surface area contributed by atoms with Crippen LogP contribution >= 0.6 is 0 Å². The van der Waals surface area contributed by atoms with Crippen LogP contribution in [0.4, 0.5) is 0 Å². The van der Waals surface area contributed by atoms with Crippen LogP contribution < -0.4 is 18.9 Å². The summed E-state index contributed by atoms with van der Waals surface area (Å²) < 4.78 is 0. The van der Waals surface area contributed by atoms with E-state index in [0.29, 0.717) is 0 Å². The van der Waals surface area contributed by atoms with Crippen LogP contribution in [0.5, 0.6) is 0 Å². The van der Waals surface area contributed by atoms with Crippen LogP contribution in [0, 0.1) is 5.82 Å². The topological polar surface area (TPSA) is 0 Å². The van der Waals surface area contributed by atoms with Crippen LogP contribution in [0.15, 0.2) is 0 Å². The molecule has 2 rings (SSSR count). The third kappa shape index (κ3) is 1.83. The second-order valence-electron chi connectivity index (χ2n) is 3.37. The molecule has 1 radical (unpaired) electrons. The van der Waals surface area contributed by atoms with Gasteiger partial charge in [-0.1, -0.05) is 33.0 Å². The molecule has 2 bridgehead atoms. The molecule has 0 aromatic heterocycles. The first kappa shape index (κ1) is 8.76. The Morgan fingerprint density at radius 1 is 1.10 bits per heavy atom. The van der Waals surface area contributed by atoms with E-state index >= 15 is 0 Å². The molecule has 0 aliphatic carbocycles. The Balaban J connectivity index is 0.000000500. The van der Waals surface area contributed by atoms with Gasteiger partial charge in [-0.3, -0.25) is 0 Å². The second-order valence-corrected chi connectivity index (χ2v) is 3.37. The van der Waals surface area contributed by atoms with Crippen molar-refractivity contribution in [3.05, 3.63) is 5.82 Å². The molecule has 0 atom stereocenters. The molecule has 0 aromatic carbocycles. The summed E-state index contributed by atoms with van der Waals surface area (Å²) in [6.45, 7) is 0. The van der Waals surface area contributed by atoms with Gasteiger partial charge in [0, 0.05) is 0 Å². The molecule has 2 heterocycles. The van der Waals surface area contributed by atoms with Gasteiger partial charge in [-0.05, 0) is 0 Å². The maximum atomic E-state index is 2.53. The van der Waals surface area contributed by atoms with Gasteiger partial charge in [-0.25, -0.2) is 0 Å². The molecule has 2 aliphatic rings. The van der Waals surface area contributed by atoms with Crippen molar-refractivity contribution in [3.8, 4) is 0 Å². The van der Waals surface area contributed by atoms with E-state index in [-0.39, 0.29) is 18.9 Å². The van der Waals surface area contributed by atoms with Crippen LogP contribution in [0.2, 0.25) is 5.82 Å². The van der Waals surface area contributed by atoms with E-state index in [1.807, 2.05) is 0 Å². The Hall–Kier alpha value is 0.662. The number of fused-ring (bicyclic) bond motifs is 2. The number of hydrogen-bond acceptors (Lipinski definition) is 0. The third-order valence-corrected chi connectivity index (χ3v) is 2.62. The van der Waals surface area contributed by atoms with E-state index in [0.717, 1.165) is 5.82 Å². The monoisotopic (exact) mass is 127 g/mol. The second kappa shape index (κ2) is 3.88. The average Bonchev–Trinajstić information content (AvgIpc) is 1.88. The largest absolute Gasteiger partial charge is 1.00 e. The summed E-state index contributed by atoms with van der Waals surface area (Å²) in [7, 11) is 2.53. The van der Waals surface area contributed by atoms with Crippen molar-refractivity contribution in [2.75, 3.05) is 0 Å². The number of hydrogen-bond donors (Lipinski definition) is 0. The summed E-state index contributed by atoms with van der Waals surface area (Å²) in [6.07, 6.45) is 8.72. The quantitative estimate of drug-likeness (QED) is 0.300. The van der Waals surface area contributed by atoms with Crippen LogP contribution in [0.3, 0.4) is 0 Å². The first-order valence-electron chi connectivity index (χ1n) is 4.15. The molecule has 10 heavy (non-hydrogen) atoms. The Labute approximate surface area is 76.6 Å². The summed E-state index contributed by atoms with van der Waals surface area (Å²) in [5, 5.41) is 0. The van der Waals surface area contributed by atoms with Crippen molar-refractivity contribution < 1.29 is 18.9 Å². The minimum Gasteiger partial charge on any atom is -0.343 e. The molecule has 0 unspecified atom stereocenters. The van der Waals surface area contributed by atoms with E-state index in [9.17, 15) is 0 Å². The van der Waals surface area contributed by atoms with Gasteiger partial charge in [0.05, 0.1) is 0 Å². The molecule has 2 heteroatoms. The summed E-state index contributed by atoms with van der Waals surface area (Å²) >= 11 is 0. The van der Waals surface area contributed by atoms with Gasteiger partial charge >= 0.3 is 18.9 Å². The van der Waals surface area contributed by atoms with Crippen molar-refractivity contribution in [1.82, 2.24) is 0 Å². The molecule has 0 saturated carbocycles. The third-order valence-electron chi connectivity index (χ3n) is 2.62. The van der Waals surface area contributed by atoms with E-state index in [2.05, 4.69) is 7.28 Å². The van der Waals surface area contributed by atoms with Gasteiger partial charge < -0.3 is 5.82 Å². The average molecular weight is 127 g/mol. The van der Waals surface area contributed by atoms with E-state index in [1.54, 1.807) is 5.82 Å². The predicted octanol–water partition coefficient (Wildman–Crippen LogP) is -0.617. The Bertz CT molecular complexity index is 85.4. The first-order valence-corrected chi connectivity index (χ1v) is 4.15. The predicted molar refractivity (Wildman–Crippen MR) is 40.4 cm³/mol. The van der Waals surface area contributed by atoms with Gasteiger partial charge in [0.2, 0.25) is 0 Å². The summed E-state index contributed by atoms with van der Waals surface area (Å²) in [4.78, 5) is 0. The van der Waals surface area contributed by atoms with Crippen LogP contribution in [0.1, 0.15) is 38.5 Å². The molecule has 0 amide bonds. The fraction of sp³-hybridized carbons (Fsp3) is 0.875. The molecular formula is C8H13BLi. The summed E-state index contributed by atoms with van der Waals surface area (Å²) in [6, 6.07) is 0. The Kier molecular flexibility index (Phi) is 3.40. The molecule has 2 aliphatic heterocycles.